The Labute approximate surface area is 119 Å². The van der Waals surface area contributed by atoms with Gasteiger partial charge in [-0.15, -0.1) is 11.3 Å². The van der Waals surface area contributed by atoms with Crippen molar-refractivity contribution in [1.82, 2.24) is 10.1 Å². The van der Waals surface area contributed by atoms with E-state index in [1.54, 1.807) is 6.07 Å². The zero-order valence-corrected chi connectivity index (χ0v) is 11.5. The molecular weight excluding hydrogens is 277 g/mol. The van der Waals surface area contributed by atoms with Crippen LogP contribution < -0.4 is 5.73 Å². The van der Waals surface area contributed by atoms with E-state index >= 15 is 0 Å². The summed E-state index contributed by atoms with van der Waals surface area (Å²) < 4.78 is 18.6. The SMILES string of the molecule is Cc1cc(F)cc(-c2noc(C(N)c3cccs3)n2)c1. The lowest BCUT2D eigenvalue weighted by Crippen LogP contribution is -2.10. The molecule has 2 aromatic heterocycles. The van der Waals surface area contributed by atoms with Crippen LogP contribution in [-0.4, -0.2) is 10.1 Å². The number of nitrogens with two attached hydrogens (primary N) is 1. The minimum atomic E-state index is -0.453. The van der Waals surface area contributed by atoms with Gasteiger partial charge in [-0.2, -0.15) is 4.98 Å². The third-order valence-corrected chi connectivity index (χ3v) is 3.81. The van der Waals surface area contributed by atoms with Crippen molar-refractivity contribution in [2.24, 2.45) is 5.73 Å². The van der Waals surface area contributed by atoms with Gasteiger partial charge in [0.05, 0.1) is 0 Å². The van der Waals surface area contributed by atoms with Crippen molar-refractivity contribution in [2.45, 2.75) is 13.0 Å². The quantitative estimate of drug-likeness (QED) is 0.803. The normalized spacial score (nSPS) is 12.6. The Morgan fingerprint density at radius 3 is 2.90 bits per heavy atom. The maximum atomic E-state index is 13.4. The number of thiophene rings is 1. The first-order valence-electron chi connectivity index (χ1n) is 6.03. The first-order chi connectivity index (χ1) is 9.63. The molecular formula is C14H12FN3OS. The highest BCUT2D eigenvalue weighted by Gasteiger charge is 2.18. The molecule has 3 aromatic rings. The lowest BCUT2D eigenvalue weighted by molar-refractivity contribution is 0.368. The molecule has 0 aliphatic heterocycles. The number of rotatable bonds is 3. The predicted octanol–water partition coefficient (Wildman–Crippen LogP) is 3.29. The van der Waals surface area contributed by atoms with Gasteiger partial charge in [0.1, 0.15) is 11.9 Å². The molecule has 0 radical (unpaired) electrons. The minimum Gasteiger partial charge on any atom is -0.337 e. The summed E-state index contributed by atoms with van der Waals surface area (Å²) in [5.41, 5.74) is 7.43. The van der Waals surface area contributed by atoms with Crippen LogP contribution in [0.2, 0.25) is 0 Å². The van der Waals surface area contributed by atoms with E-state index in [9.17, 15) is 4.39 Å². The van der Waals surface area contributed by atoms with Gasteiger partial charge in [-0.1, -0.05) is 11.2 Å². The van der Waals surface area contributed by atoms with Crippen molar-refractivity contribution < 1.29 is 8.91 Å². The van der Waals surface area contributed by atoms with Crippen molar-refractivity contribution in [3.63, 3.8) is 0 Å². The van der Waals surface area contributed by atoms with Gasteiger partial charge in [0.15, 0.2) is 0 Å². The average Bonchev–Trinajstić information content (AvgIpc) is 3.09. The third kappa shape index (κ3) is 2.48. The second kappa shape index (κ2) is 5.15. The van der Waals surface area contributed by atoms with Crippen LogP contribution in [0.4, 0.5) is 4.39 Å². The molecule has 1 aromatic carbocycles. The molecule has 0 aliphatic rings. The molecule has 0 fully saturated rings. The van der Waals surface area contributed by atoms with E-state index in [-0.39, 0.29) is 5.82 Å². The van der Waals surface area contributed by atoms with Crippen molar-refractivity contribution in [3.05, 3.63) is 57.9 Å². The molecule has 0 saturated carbocycles. The van der Waals surface area contributed by atoms with Gasteiger partial charge < -0.3 is 10.3 Å². The monoisotopic (exact) mass is 289 g/mol. The van der Waals surface area contributed by atoms with E-state index in [0.717, 1.165) is 10.4 Å². The number of halogens is 1. The number of hydrogen-bond acceptors (Lipinski definition) is 5. The van der Waals surface area contributed by atoms with Crippen LogP contribution in [0, 0.1) is 12.7 Å². The van der Waals surface area contributed by atoms with Gasteiger partial charge in [0.25, 0.3) is 0 Å². The van der Waals surface area contributed by atoms with E-state index in [1.165, 1.54) is 23.5 Å². The number of aromatic nitrogens is 2. The van der Waals surface area contributed by atoms with Gasteiger partial charge in [0, 0.05) is 10.4 Å². The Hall–Kier alpha value is -2.05. The molecule has 0 amide bonds. The first kappa shape index (κ1) is 13.0. The molecule has 6 heteroatoms. The summed E-state index contributed by atoms with van der Waals surface area (Å²) in [5, 5.41) is 5.80. The third-order valence-electron chi connectivity index (χ3n) is 2.86. The molecule has 0 aliphatic carbocycles. The summed E-state index contributed by atoms with van der Waals surface area (Å²) in [6, 6.07) is 7.98. The Balaban J connectivity index is 1.94. The predicted molar refractivity (Wildman–Crippen MR) is 74.8 cm³/mol. The van der Waals surface area contributed by atoms with Crippen molar-refractivity contribution in [1.29, 1.82) is 0 Å². The van der Waals surface area contributed by atoms with Crippen molar-refractivity contribution >= 4 is 11.3 Å². The van der Waals surface area contributed by atoms with Crippen LogP contribution in [0.5, 0.6) is 0 Å². The molecule has 102 valence electrons. The molecule has 1 unspecified atom stereocenters. The molecule has 2 heterocycles. The van der Waals surface area contributed by atoms with Crippen molar-refractivity contribution in [3.8, 4) is 11.4 Å². The maximum Gasteiger partial charge on any atom is 0.249 e. The molecule has 1 atom stereocenters. The maximum absolute atomic E-state index is 13.4. The Kier molecular flexibility index (Phi) is 3.33. The Morgan fingerprint density at radius 1 is 1.35 bits per heavy atom. The smallest absolute Gasteiger partial charge is 0.249 e. The molecule has 20 heavy (non-hydrogen) atoms. The zero-order valence-electron chi connectivity index (χ0n) is 10.7. The van der Waals surface area contributed by atoms with E-state index in [0.29, 0.717) is 17.3 Å². The second-order valence-corrected chi connectivity index (χ2v) is 5.45. The largest absolute Gasteiger partial charge is 0.337 e. The molecule has 0 spiro atoms. The van der Waals surface area contributed by atoms with Crippen LogP contribution in [-0.2, 0) is 0 Å². The molecule has 2 N–H and O–H groups in total. The molecule has 0 bridgehead atoms. The number of benzene rings is 1. The van der Waals surface area contributed by atoms with Crippen LogP contribution in [0.25, 0.3) is 11.4 Å². The van der Waals surface area contributed by atoms with Crippen LogP contribution in [0.3, 0.4) is 0 Å². The lowest BCUT2D eigenvalue weighted by atomic mass is 10.1. The summed E-state index contributed by atoms with van der Waals surface area (Å²) in [4.78, 5) is 5.20. The van der Waals surface area contributed by atoms with Gasteiger partial charge in [-0.05, 0) is 42.1 Å². The van der Waals surface area contributed by atoms with E-state index in [2.05, 4.69) is 10.1 Å². The first-order valence-corrected chi connectivity index (χ1v) is 6.91. The van der Waals surface area contributed by atoms with Gasteiger partial charge in [0.2, 0.25) is 11.7 Å². The Morgan fingerprint density at radius 2 is 2.20 bits per heavy atom. The number of hydrogen-bond donors (Lipinski definition) is 1. The molecule has 0 saturated heterocycles. The summed E-state index contributed by atoms with van der Waals surface area (Å²) in [6.45, 7) is 1.81. The van der Waals surface area contributed by atoms with Gasteiger partial charge in [-0.25, -0.2) is 4.39 Å². The van der Waals surface area contributed by atoms with Crippen molar-refractivity contribution in [2.75, 3.05) is 0 Å². The van der Waals surface area contributed by atoms with Gasteiger partial charge in [-0.3, -0.25) is 0 Å². The highest BCUT2D eigenvalue weighted by molar-refractivity contribution is 7.10. The van der Waals surface area contributed by atoms with E-state index < -0.39 is 6.04 Å². The summed E-state index contributed by atoms with van der Waals surface area (Å²) in [5.74, 6) is 0.341. The summed E-state index contributed by atoms with van der Waals surface area (Å²) >= 11 is 1.52. The highest BCUT2D eigenvalue weighted by Crippen LogP contribution is 2.25. The van der Waals surface area contributed by atoms with E-state index in [4.69, 9.17) is 10.3 Å². The summed E-state index contributed by atoms with van der Waals surface area (Å²) in [6.07, 6.45) is 0. The zero-order chi connectivity index (χ0) is 14.1. The van der Waals surface area contributed by atoms with Crippen LogP contribution in [0.15, 0.2) is 40.2 Å². The van der Waals surface area contributed by atoms with Gasteiger partial charge >= 0.3 is 0 Å². The van der Waals surface area contributed by atoms with E-state index in [1.807, 2.05) is 24.4 Å². The van der Waals surface area contributed by atoms with Crippen LogP contribution >= 0.6 is 11.3 Å². The average molecular weight is 289 g/mol. The fourth-order valence-electron chi connectivity index (χ4n) is 1.93. The summed E-state index contributed by atoms with van der Waals surface area (Å²) in [7, 11) is 0. The lowest BCUT2D eigenvalue weighted by Gasteiger charge is -2.02. The fourth-order valence-corrected chi connectivity index (χ4v) is 2.65. The Bertz CT molecular complexity index is 704. The fraction of sp³-hybridized carbons (Fsp3) is 0.143. The topological polar surface area (TPSA) is 64.9 Å². The van der Waals surface area contributed by atoms with Crippen LogP contribution in [0.1, 0.15) is 22.4 Å². The molecule has 3 rings (SSSR count). The second-order valence-electron chi connectivity index (χ2n) is 4.47. The number of nitrogens with zero attached hydrogens (tertiary/aromatic N) is 2. The number of aryl methyl sites for hydroxylation is 1. The minimum absolute atomic E-state index is 0.323. The highest BCUT2D eigenvalue weighted by atomic mass is 32.1. The molecule has 4 nitrogen and oxygen atoms in total. The standard InChI is InChI=1S/C14H12FN3OS/c1-8-5-9(7-10(15)6-8)13-17-14(19-18-13)12(16)11-3-2-4-20-11/h2-7,12H,16H2,1H3.